The minimum atomic E-state index is 1.06. The van der Waals surface area contributed by atoms with Crippen molar-refractivity contribution in [3.63, 3.8) is 0 Å². The predicted molar refractivity (Wildman–Crippen MR) is 99.2 cm³/mol. The smallest absolute Gasteiger partial charge is 0.0234 e. The molecule has 2 rings (SSSR count). The molecule has 2 aromatic rings. The molecule has 0 atom stereocenters. The SMILES string of the molecule is Cc1ccc(C)c(SCc2cc(CCI)ccc2C)c1. The second-order valence-electron chi connectivity index (χ2n) is 5.26. The van der Waals surface area contributed by atoms with Crippen LogP contribution in [0.25, 0.3) is 0 Å². The lowest BCUT2D eigenvalue weighted by Crippen LogP contribution is -1.92. The van der Waals surface area contributed by atoms with Crippen LogP contribution in [0, 0.1) is 20.8 Å². The third-order valence-corrected chi connectivity index (χ3v) is 5.27. The van der Waals surface area contributed by atoms with Gasteiger partial charge in [-0.3, -0.25) is 0 Å². The summed E-state index contributed by atoms with van der Waals surface area (Å²) in [7, 11) is 0. The number of hydrogen-bond donors (Lipinski definition) is 0. The molecule has 0 aliphatic heterocycles. The van der Waals surface area contributed by atoms with Gasteiger partial charge >= 0.3 is 0 Å². The summed E-state index contributed by atoms with van der Waals surface area (Å²) in [6.07, 6.45) is 1.17. The molecule has 0 aromatic heterocycles. The second kappa shape index (κ2) is 7.51. The predicted octanol–water partition coefficient (Wildman–Crippen LogP) is 5.88. The van der Waals surface area contributed by atoms with Crippen molar-refractivity contribution in [1.82, 2.24) is 0 Å². The highest BCUT2D eigenvalue weighted by Crippen LogP contribution is 2.28. The minimum Gasteiger partial charge on any atom is -0.121 e. The van der Waals surface area contributed by atoms with Gasteiger partial charge in [-0.1, -0.05) is 58.5 Å². The summed E-state index contributed by atoms with van der Waals surface area (Å²) in [5, 5.41) is 0. The zero-order valence-electron chi connectivity index (χ0n) is 12.4. The zero-order chi connectivity index (χ0) is 14.5. The van der Waals surface area contributed by atoms with Crippen molar-refractivity contribution in [2.45, 2.75) is 37.8 Å². The molecule has 0 nitrogen and oxygen atoms in total. The van der Waals surface area contributed by atoms with Gasteiger partial charge in [0.15, 0.2) is 0 Å². The van der Waals surface area contributed by atoms with E-state index < -0.39 is 0 Å². The van der Waals surface area contributed by atoms with Gasteiger partial charge in [-0.15, -0.1) is 11.8 Å². The Bertz CT molecular complexity index is 590. The topological polar surface area (TPSA) is 0 Å². The van der Waals surface area contributed by atoms with Gasteiger partial charge in [0, 0.05) is 15.1 Å². The number of aryl methyl sites for hydroxylation is 4. The van der Waals surface area contributed by atoms with E-state index in [0.29, 0.717) is 0 Å². The Kier molecular flexibility index (Phi) is 5.97. The van der Waals surface area contributed by atoms with Crippen molar-refractivity contribution in [2.24, 2.45) is 0 Å². The van der Waals surface area contributed by atoms with Crippen molar-refractivity contribution >= 4 is 34.4 Å². The Morgan fingerprint density at radius 3 is 2.45 bits per heavy atom. The first-order valence-electron chi connectivity index (χ1n) is 6.94. The molecule has 0 aliphatic carbocycles. The highest BCUT2D eigenvalue weighted by Gasteiger charge is 2.04. The molecule has 0 N–H and O–H groups in total. The van der Waals surface area contributed by atoms with Gasteiger partial charge in [0.2, 0.25) is 0 Å². The number of rotatable bonds is 5. The van der Waals surface area contributed by atoms with Gasteiger partial charge in [-0.25, -0.2) is 0 Å². The van der Waals surface area contributed by atoms with Crippen LogP contribution in [-0.2, 0) is 12.2 Å². The summed E-state index contributed by atoms with van der Waals surface area (Å²) in [6, 6.07) is 13.6. The summed E-state index contributed by atoms with van der Waals surface area (Å²) >= 11 is 4.40. The lowest BCUT2D eigenvalue weighted by molar-refractivity contribution is 1.15. The molecule has 0 amide bonds. The van der Waals surface area contributed by atoms with E-state index >= 15 is 0 Å². The molecule has 0 bridgehead atoms. The van der Waals surface area contributed by atoms with Crippen molar-refractivity contribution in [2.75, 3.05) is 4.43 Å². The average molecular weight is 396 g/mol. The lowest BCUT2D eigenvalue weighted by Gasteiger charge is -2.10. The van der Waals surface area contributed by atoms with E-state index in [-0.39, 0.29) is 0 Å². The third-order valence-electron chi connectivity index (χ3n) is 3.52. The van der Waals surface area contributed by atoms with Gasteiger partial charge in [-0.05, 0) is 55.5 Å². The van der Waals surface area contributed by atoms with Crippen LogP contribution < -0.4 is 0 Å². The van der Waals surface area contributed by atoms with Crippen LogP contribution in [-0.4, -0.2) is 4.43 Å². The van der Waals surface area contributed by atoms with Gasteiger partial charge in [0.25, 0.3) is 0 Å². The van der Waals surface area contributed by atoms with Crippen LogP contribution in [0.3, 0.4) is 0 Å². The normalized spacial score (nSPS) is 10.8. The first-order chi connectivity index (χ1) is 9.60. The van der Waals surface area contributed by atoms with E-state index in [1.54, 1.807) is 0 Å². The Hall–Kier alpha value is -0.480. The van der Waals surface area contributed by atoms with Gasteiger partial charge in [0.05, 0.1) is 0 Å². The van der Waals surface area contributed by atoms with Gasteiger partial charge < -0.3 is 0 Å². The fraction of sp³-hybridized carbons (Fsp3) is 0.333. The molecule has 106 valence electrons. The lowest BCUT2D eigenvalue weighted by atomic mass is 10.1. The Balaban J connectivity index is 2.13. The molecule has 0 aliphatic rings. The standard InChI is InChI=1S/C18H21IS/c1-13-4-5-15(3)18(10-13)20-12-17-11-16(8-9-19)7-6-14(17)2/h4-7,10-11H,8-9,12H2,1-3H3. The number of thioether (sulfide) groups is 1. The van der Waals surface area contributed by atoms with E-state index in [9.17, 15) is 0 Å². The van der Waals surface area contributed by atoms with Crippen LogP contribution >= 0.6 is 34.4 Å². The number of hydrogen-bond acceptors (Lipinski definition) is 1. The van der Waals surface area contributed by atoms with Crippen molar-refractivity contribution in [1.29, 1.82) is 0 Å². The van der Waals surface area contributed by atoms with Gasteiger partial charge in [0.1, 0.15) is 0 Å². The van der Waals surface area contributed by atoms with E-state index in [0.717, 1.165) is 5.75 Å². The molecular weight excluding hydrogens is 375 g/mol. The molecule has 0 saturated heterocycles. The molecule has 0 fully saturated rings. The number of benzene rings is 2. The summed E-state index contributed by atoms with van der Waals surface area (Å²) < 4.78 is 1.18. The van der Waals surface area contributed by atoms with Crippen LogP contribution in [0.5, 0.6) is 0 Å². The fourth-order valence-corrected chi connectivity index (χ4v) is 3.97. The number of halogens is 1. The highest BCUT2D eigenvalue weighted by atomic mass is 127. The molecular formula is C18H21IS. The van der Waals surface area contributed by atoms with Crippen LogP contribution in [0.1, 0.15) is 27.8 Å². The van der Waals surface area contributed by atoms with E-state index in [1.807, 2.05) is 11.8 Å². The molecule has 0 heterocycles. The fourth-order valence-electron chi connectivity index (χ4n) is 2.16. The maximum atomic E-state index is 2.44. The molecule has 2 aromatic carbocycles. The van der Waals surface area contributed by atoms with E-state index in [1.165, 1.54) is 43.6 Å². The Morgan fingerprint density at radius 1 is 0.950 bits per heavy atom. The molecule has 2 heteroatoms. The minimum absolute atomic E-state index is 1.06. The third kappa shape index (κ3) is 4.26. The van der Waals surface area contributed by atoms with Crippen molar-refractivity contribution in [3.05, 3.63) is 64.2 Å². The quantitative estimate of drug-likeness (QED) is 0.345. The van der Waals surface area contributed by atoms with Crippen LogP contribution in [0.15, 0.2) is 41.3 Å². The zero-order valence-corrected chi connectivity index (χ0v) is 15.3. The highest BCUT2D eigenvalue weighted by molar-refractivity contribution is 14.1. The monoisotopic (exact) mass is 396 g/mol. The summed E-state index contributed by atoms with van der Waals surface area (Å²) in [6.45, 7) is 6.57. The molecule has 0 radical (unpaired) electrons. The first-order valence-corrected chi connectivity index (χ1v) is 9.45. The van der Waals surface area contributed by atoms with Crippen LogP contribution in [0.2, 0.25) is 0 Å². The second-order valence-corrected chi connectivity index (χ2v) is 7.35. The van der Waals surface area contributed by atoms with Crippen molar-refractivity contribution in [3.8, 4) is 0 Å². The van der Waals surface area contributed by atoms with Crippen molar-refractivity contribution < 1.29 is 0 Å². The van der Waals surface area contributed by atoms with Gasteiger partial charge in [-0.2, -0.15) is 0 Å². The Morgan fingerprint density at radius 2 is 1.70 bits per heavy atom. The maximum absolute atomic E-state index is 2.44. The summed E-state index contributed by atoms with van der Waals surface area (Å²) in [4.78, 5) is 1.41. The summed E-state index contributed by atoms with van der Waals surface area (Å²) in [5.41, 5.74) is 7.05. The molecule has 0 unspecified atom stereocenters. The average Bonchev–Trinajstić information content (AvgIpc) is 2.43. The van der Waals surface area contributed by atoms with E-state index in [4.69, 9.17) is 0 Å². The maximum Gasteiger partial charge on any atom is 0.0234 e. The van der Waals surface area contributed by atoms with E-state index in [2.05, 4.69) is 79.8 Å². The Labute approximate surface area is 140 Å². The van der Waals surface area contributed by atoms with Crippen LogP contribution in [0.4, 0.5) is 0 Å². The molecule has 0 saturated carbocycles. The largest absolute Gasteiger partial charge is 0.121 e. The first kappa shape index (κ1) is 15.9. The summed E-state index contributed by atoms with van der Waals surface area (Å²) in [5.74, 6) is 1.06. The number of alkyl halides is 1. The molecule has 0 spiro atoms. The molecule has 20 heavy (non-hydrogen) atoms.